The lowest BCUT2D eigenvalue weighted by atomic mass is 10.0. The van der Waals surface area contributed by atoms with Crippen molar-refractivity contribution in [2.75, 3.05) is 0 Å². The normalized spacial score (nSPS) is 13.1. The van der Waals surface area contributed by atoms with Crippen LogP contribution in [0.2, 0.25) is 0 Å². The van der Waals surface area contributed by atoms with Gasteiger partial charge in [0.1, 0.15) is 17.2 Å². The van der Waals surface area contributed by atoms with Crippen molar-refractivity contribution >= 4 is 11.0 Å². The first-order valence-corrected chi connectivity index (χ1v) is 10.4. The molecule has 0 saturated heterocycles. The Balaban J connectivity index is 1.37. The molecule has 3 N–H and O–H groups in total. The Hall–Kier alpha value is -3.97. The topological polar surface area (TPSA) is 78.8 Å². The van der Waals surface area contributed by atoms with Crippen molar-refractivity contribution in [3.05, 3.63) is 77.6 Å². The average Bonchev–Trinajstić information content (AvgIpc) is 3.49. The Morgan fingerprint density at radius 3 is 2.25 bits per heavy atom. The summed E-state index contributed by atoms with van der Waals surface area (Å²) in [6.07, 6.45) is 0. The number of imidazole rings is 1. The number of aromatic hydroxyl groups is 1. The monoisotopic (exact) mass is 425 g/mol. The Labute approximate surface area is 183 Å². The van der Waals surface area contributed by atoms with E-state index in [0.29, 0.717) is 17.2 Å². The van der Waals surface area contributed by atoms with Crippen LogP contribution in [-0.2, 0) is 20.1 Å². The molecule has 1 aliphatic heterocycles. The fourth-order valence-electron chi connectivity index (χ4n) is 4.35. The van der Waals surface area contributed by atoms with Gasteiger partial charge >= 0.3 is 0 Å². The highest BCUT2D eigenvalue weighted by Gasteiger charge is 2.22. The number of hydrogen-bond acceptors (Lipinski definition) is 4. The summed E-state index contributed by atoms with van der Waals surface area (Å²) >= 11 is 0. The van der Waals surface area contributed by atoms with Crippen LogP contribution in [0.3, 0.4) is 0 Å². The number of aryl methyl sites for hydroxylation is 1. The van der Waals surface area contributed by atoms with Gasteiger partial charge in [0, 0.05) is 25.7 Å². The Bertz CT molecular complexity index is 1420. The van der Waals surface area contributed by atoms with Gasteiger partial charge in [-0.1, -0.05) is 36.4 Å². The minimum absolute atomic E-state index is 0.0790. The second-order valence-corrected chi connectivity index (χ2v) is 8.08. The van der Waals surface area contributed by atoms with Crippen molar-refractivity contribution in [3.8, 4) is 39.7 Å². The molecule has 0 radical (unpaired) electrons. The predicted octanol–water partition coefficient (Wildman–Crippen LogP) is 4.75. The number of nitrogens with zero attached hydrogens (tertiary/aromatic N) is 3. The Kier molecular flexibility index (Phi) is 4.13. The fraction of sp³-hybridized carbons (Fsp3) is 0.120. The molecule has 1 aliphatic rings. The zero-order chi connectivity index (χ0) is 21.8. The first-order chi connectivity index (χ1) is 15.6. The highest BCUT2D eigenvalue weighted by molar-refractivity contribution is 5.84. The van der Waals surface area contributed by atoms with Gasteiger partial charge in [0.05, 0.1) is 11.0 Å². The molecule has 0 bridgehead atoms. The second kappa shape index (κ2) is 7.03. The molecule has 0 atom stereocenters. The van der Waals surface area contributed by atoms with E-state index < -0.39 is 0 Å². The zero-order valence-electron chi connectivity index (χ0n) is 17.4. The van der Waals surface area contributed by atoms with Crippen LogP contribution in [0.1, 0.15) is 11.1 Å². The quantitative estimate of drug-likeness (QED) is 0.390. The minimum Gasteiger partial charge on any atom is -0.504 e. The molecular formula is C25H20FN5O. The van der Waals surface area contributed by atoms with E-state index in [1.54, 1.807) is 23.9 Å². The van der Waals surface area contributed by atoms with Gasteiger partial charge in [-0.25, -0.2) is 9.37 Å². The standard InChI is InChI=1S/C25H20FN5O/c1-31-23(25-28-20-10-17-12-27-13-18(17)11-21(20)29-25)24(32)22(30-31)16-4-2-14(3-5-16)15-6-8-19(26)9-7-15/h2-11,27,32H,12-13H2,1H3,(H,28,29). The summed E-state index contributed by atoms with van der Waals surface area (Å²) < 4.78 is 14.8. The van der Waals surface area contributed by atoms with Crippen molar-refractivity contribution < 1.29 is 9.50 Å². The van der Waals surface area contributed by atoms with E-state index in [1.165, 1.54) is 23.3 Å². The van der Waals surface area contributed by atoms with Crippen LogP contribution in [0, 0.1) is 5.82 Å². The summed E-state index contributed by atoms with van der Waals surface area (Å²) in [4.78, 5) is 8.05. The molecule has 7 heteroatoms. The predicted molar refractivity (Wildman–Crippen MR) is 121 cm³/mol. The number of halogens is 1. The molecule has 6 rings (SSSR count). The van der Waals surface area contributed by atoms with Gasteiger partial charge in [0.15, 0.2) is 11.6 Å². The van der Waals surface area contributed by atoms with Crippen LogP contribution < -0.4 is 5.32 Å². The molecule has 3 aromatic carbocycles. The molecule has 0 spiro atoms. The van der Waals surface area contributed by atoms with Crippen LogP contribution in [0.15, 0.2) is 60.7 Å². The van der Waals surface area contributed by atoms with Crippen LogP contribution in [0.5, 0.6) is 5.75 Å². The first-order valence-electron chi connectivity index (χ1n) is 10.4. The fourth-order valence-corrected chi connectivity index (χ4v) is 4.35. The molecule has 0 aliphatic carbocycles. The van der Waals surface area contributed by atoms with E-state index in [0.717, 1.165) is 40.8 Å². The smallest absolute Gasteiger partial charge is 0.173 e. The van der Waals surface area contributed by atoms with Crippen molar-refractivity contribution in [2.45, 2.75) is 13.1 Å². The number of H-pyrrole nitrogens is 1. The lowest BCUT2D eigenvalue weighted by Crippen LogP contribution is -1.99. The first kappa shape index (κ1) is 18.8. The highest BCUT2D eigenvalue weighted by atomic mass is 19.1. The maximum atomic E-state index is 13.2. The number of nitrogens with one attached hydrogen (secondary N) is 2. The maximum Gasteiger partial charge on any atom is 0.173 e. The largest absolute Gasteiger partial charge is 0.504 e. The van der Waals surface area contributed by atoms with Gasteiger partial charge in [-0.15, -0.1) is 0 Å². The summed E-state index contributed by atoms with van der Waals surface area (Å²) in [6.45, 7) is 1.71. The number of aromatic nitrogens is 4. The zero-order valence-corrected chi connectivity index (χ0v) is 17.4. The van der Waals surface area contributed by atoms with Crippen LogP contribution in [0.4, 0.5) is 4.39 Å². The molecule has 6 nitrogen and oxygen atoms in total. The number of rotatable bonds is 3. The second-order valence-electron chi connectivity index (χ2n) is 8.08. The molecular weight excluding hydrogens is 405 g/mol. The third kappa shape index (κ3) is 2.98. The molecule has 0 amide bonds. The van der Waals surface area contributed by atoms with Crippen LogP contribution >= 0.6 is 0 Å². The highest BCUT2D eigenvalue weighted by Crippen LogP contribution is 2.38. The van der Waals surface area contributed by atoms with Crippen LogP contribution in [0.25, 0.3) is 44.9 Å². The lowest BCUT2D eigenvalue weighted by Gasteiger charge is -2.03. The van der Waals surface area contributed by atoms with Crippen molar-refractivity contribution in [3.63, 3.8) is 0 Å². The van der Waals surface area contributed by atoms with Crippen molar-refractivity contribution in [2.24, 2.45) is 7.05 Å². The molecule has 0 saturated carbocycles. The molecule has 158 valence electrons. The lowest BCUT2D eigenvalue weighted by molar-refractivity contribution is 0.478. The Morgan fingerprint density at radius 2 is 1.53 bits per heavy atom. The molecule has 0 unspecified atom stereocenters. The molecule has 0 fully saturated rings. The van der Waals surface area contributed by atoms with Gasteiger partial charge in [-0.2, -0.15) is 5.10 Å². The van der Waals surface area contributed by atoms with Gasteiger partial charge in [-0.05, 0) is 46.5 Å². The summed E-state index contributed by atoms with van der Waals surface area (Å²) in [5.41, 5.74) is 8.03. The summed E-state index contributed by atoms with van der Waals surface area (Å²) in [6, 6.07) is 18.3. The van der Waals surface area contributed by atoms with E-state index in [9.17, 15) is 9.50 Å². The molecule has 32 heavy (non-hydrogen) atoms. The van der Waals surface area contributed by atoms with Crippen molar-refractivity contribution in [1.29, 1.82) is 0 Å². The third-order valence-corrected chi connectivity index (χ3v) is 6.02. The Morgan fingerprint density at radius 1 is 0.906 bits per heavy atom. The number of fused-ring (bicyclic) bond motifs is 2. The van der Waals surface area contributed by atoms with E-state index in [-0.39, 0.29) is 11.6 Å². The van der Waals surface area contributed by atoms with Gasteiger partial charge in [0.25, 0.3) is 0 Å². The third-order valence-electron chi connectivity index (χ3n) is 6.02. The van der Waals surface area contributed by atoms with E-state index >= 15 is 0 Å². The van der Waals surface area contributed by atoms with Crippen LogP contribution in [-0.4, -0.2) is 24.9 Å². The number of aromatic amines is 1. The molecule has 3 heterocycles. The summed E-state index contributed by atoms with van der Waals surface area (Å²) in [5.74, 6) is 0.400. The summed E-state index contributed by atoms with van der Waals surface area (Å²) in [5, 5.41) is 18.9. The minimum atomic E-state index is -0.261. The van der Waals surface area contributed by atoms with Gasteiger partial charge in [-0.3, -0.25) is 4.68 Å². The van der Waals surface area contributed by atoms with Gasteiger partial charge < -0.3 is 15.4 Å². The number of benzene rings is 3. The number of hydrogen-bond donors (Lipinski definition) is 3. The summed E-state index contributed by atoms with van der Waals surface area (Å²) in [7, 11) is 1.79. The molecule has 5 aromatic rings. The average molecular weight is 425 g/mol. The maximum absolute atomic E-state index is 13.2. The molecule has 2 aromatic heterocycles. The van der Waals surface area contributed by atoms with Gasteiger partial charge in [0.2, 0.25) is 0 Å². The van der Waals surface area contributed by atoms with E-state index in [4.69, 9.17) is 4.98 Å². The van der Waals surface area contributed by atoms with E-state index in [1.807, 2.05) is 24.3 Å². The van der Waals surface area contributed by atoms with Crippen molar-refractivity contribution in [1.82, 2.24) is 25.1 Å². The SMILES string of the molecule is Cn1nc(-c2ccc(-c3ccc(F)cc3)cc2)c(O)c1-c1nc2cc3c(cc2[nH]1)CNC3. The van der Waals surface area contributed by atoms with E-state index in [2.05, 4.69) is 27.5 Å².